The van der Waals surface area contributed by atoms with E-state index in [-0.39, 0.29) is 6.61 Å². The fraction of sp³-hybridized carbons (Fsp3) is 0.500. The summed E-state index contributed by atoms with van der Waals surface area (Å²) in [6.45, 7) is 1.17. The molecule has 2 heterocycles. The minimum Gasteiger partial charge on any atom is -0.392 e. The molecule has 1 saturated heterocycles. The number of aliphatic hydroxyl groups excluding tert-OH is 1. The minimum atomic E-state index is 0.0847. The first kappa shape index (κ1) is 8.66. The molecule has 1 aromatic heterocycles. The molecule has 1 atom stereocenters. The molecule has 0 unspecified atom stereocenters. The van der Waals surface area contributed by atoms with E-state index < -0.39 is 0 Å². The molecule has 0 amide bonds. The zero-order chi connectivity index (χ0) is 9.10. The molecule has 2 rings (SSSR count). The van der Waals surface area contributed by atoms with Gasteiger partial charge in [0, 0.05) is 24.0 Å². The number of pyridine rings is 1. The molecule has 70 valence electrons. The number of hydrogen-bond acceptors (Lipinski definition) is 3. The van der Waals surface area contributed by atoms with Crippen molar-refractivity contribution in [3.8, 4) is 0 Å². The van der Waals surface area contributed by atoms with Crippen molar-refractivity contribution in [3.63, 3.8) is 0 Å². The van der Waals surface area contributed by atoms with Crippen molar-refractivity contribution in [2.24, 2.45) is 0 Å². The summed E-state index contributed by atoms with van der Waals surface area (Å²) in [7, 11) is 0. The van der Waals surface area contributed by atoms with Crippen LogP contribution in [-0.2, 0) is 6.61 Å². The number of aromatic nitrogens is 1. The fourth-order valence-electron chi connectivity index (χ4n) is 1.86. The van der Waals surface area contributed by atoms with Gasteiger partial charge in [0.1, 0.15) is 0 Å². The summed E-state index contributed by atoms with van der Waals surface area (Å²) < 4.78 is 0. The average molecular weight is 178 g/mol. The van der Waals surface area contributed by atoms with Crippen LogP contribution in [0.3, 0.4) is 0 Å². The summed E-state index contributed by atoms with van der Waals surface area (Å²) in [4.78, 5) is 4.00. The van der Waals surface area contributed by atoms with E-state index in [2.05, 4.69) is 10.3 Å². The van der Waals surface area contributed by atoms with Crippen LogP contribution in [0.2, 0.25) is 0 Å². The number of nitrogens with one attached hydrogen (secondary N) is 1. The van der Waals surface area contributed by atoms with Gasteiger partial charge in [0.2, 0.25) is 0 Å². The fourth-order valence-corrected chi connectivity index (χ4v) is 1.86. The van der Waals surface area contributed by atoms with Crippen molar-refractivity contribution in [1.82, 2.24) is 10.3 Å². The zero-order valence-corrected chi connectivity index (χ0v) is 7.53. The van der Waals surface area contributed by atoms with E-state index in [1.54, 1.807) is 12.4 Å². The average Bonchev–Trinajstić information content (AvgIpc) is 2.70. The smallest absolute Gasteiger partial charge is 0.0700 e. The quantitative estimate of drug-likeness (QED) is 0.710. The SMILES string of the molecule is OCc1cnccc1[C@@H]1CCCN1. The molecule has 0 saturated carbocycles. The van der Waals surface area contributed by atoms with Crippen LogP contribution in [0.25, 0.3) is 0 Å². The van der Waals surface area contributed by atoms with Gasteiger partial charge >= 0.3 is 0 Å². The second kappa shape index (κ2) is 3.85. The lowest BCUT2D eigenvalue weighted by Gasteiger charge is -2.13. The maximum absolute atomic E-state index is 9.11. The predicted molar refractivity (Wildman–Crippen MR) is 50.1 cm³/mol. The highest BCUT2D eigenvalue weighted by Gasteiger charge is 2.18. The summed E-state index contributed by atoms with van der Waals surface area (Å²) in [5.41, 5.74) is 2.15. The molecule has 0 aliphatic carbocycles. The molecule has 1 aliphatic rings. The van der Waals surface area contributed by atoms with E-state index in [1.807, 2.05) is 6.07 Å². The van der Waals surface area contributed by atoms with Crippen LogP contribution in [0.15, 0.2) is 18.5 Å². The maximum atomic E-state index is 9.11. The largest absolute Gasteiger partial charge is 0.392 e. The Kier molecular flexibility index (Phi) is 2.57. The highest BCUT2D eigenvalue weighted by Crippen LogP contribution is 2.25. The summed E-state index contributed by atoms with van der Waals surface area (Å²) in [6, 6.07) is 2.42. The van der Waals surface area contributed by atoms with Crippen LogP contribution in [-0.4, -0.2) is 16.6 Å². The first-order valence-corrected chi connectivity index (χ1v) is 4.69. The molecule has 13 heavy (non-hydrogen) atoms. The lowest BCUT2D eigenvalue weighted by molar-refractivity contribution is 0.279. The van der Waals surface area contributed by atoms with E-state index in [4.69, 9.17) is 5.11 Å². The first-order chi connectivity index (χ1) is 6.42. The Bertz CT molecular complexity index is 282. The highest BCUT2D eigenvalue weighted by atomic mass is 16.3. The molecule has 0 bridgehead atoms. The monoisotopic (exact) mass is 178 g/mol. The van der Waals surface area contributed by atoms with E-state index in [9.17, 15) is 0 Å². The summed E-state index contributed by atoms with van der Waals surface area (Å²) in [6.07, 6.45) is 5.92. The third kappa shape index (κ3) is 1.71. The lowest BCUT2D eigenvalue weighted by Crippen LogP contribution is -2.14. The number of hydrogen-bond donors (Lipinski definition) is 2. The first-order valence-electron chi connectivity index (χ1n) is 4.69. The van der Waals surface area contributed by atoms with Crippen LogP contribution in [0.5, 0.6) is 0 Å². The van der Waals surface area contributed by atoms with Gasteiger partial charge in [0.25, 0.3) is 0 Å². The molecule has 0 aromatic carbocycles. The summed E-state index contributed by atoms with van der Waals surface area (Å²) >= 11 is 0. The molecule has 1 fully saturated rings. The van der Waals surface area contributed by atoms with E-state index in [0.29, 0.717) is 6.04 Å². The van der Waals surface area contributed by atoms with Gasteiger partial charge in [-0.15, -0.1) is 0 Å². The predicted octanol–water partition coefficient (Wildman–Crippen LogP) is 0.998. The third-order valence-corrected chi connectivity index (χ3v) is 2.55. The van der Waals surface area contributed by atoms with Crippen molar-refractivity contribution in [3.05, 3.63) is 29.6 Å². The van der Waals surface area contributed by atoms with Gasteiger partial charge in [-0.1, -0.05) is 0 Å². The summed E-state index contributed by atoms with van der Waals surface area (Å²) in [5.74, 6) is 0. The molecular formula is C10H14N2O. The van der Waals surface area contributed by atoms with Gasteiger partial charge in [-0.2, -0.15) is 0 Å². The minimum absolute atomic E-state index is 0.0847. The van der Waals surface area contributed by atoms with Crippen molar-refractivity contribution >= 4 is 0 Å². The normalized spacial score (nSPS) is 22.1. The van der Waals surface area contributed by atoms with Gasteiger partial charge in [0.05, 0.1) is 6.61 Å². The van der Waals surface area contributed by atoms with Crippen LogP contribution in [0, 0.1) is 0 Å². The Morgan fingerprint density at radius 1 is 1.62 bits per heavy atom. The van der Waals surface area contributed by atoms with Crippen molar-refractivity contribution in [2.75, 3.05) is 6.54 Å². The van der Waals surface area contributed by atoms with Crippen LogP contribution in [0.1, 0.15) is 30.0 Å². The second-order valence-electron chi connectivity index (χ2n) is 3.38. The Morgan fingerprint density at radius 2 is 2.54 bits per heavy atom. The molecule has 0 radical (unpaired) electrons. The van der Waals surface area contributed by atoms with E-state index >= 15 is 0 Å². The topological polar surface area (TPSA) is 45.2 Å². The van der Waals surface area contributed by atoms with Gasteiger partial charge in [-0.25, -0.2) is 0 Å². The van der Waals surface area contributed by atoms with Gasteiger partial charge in [-0.05, 0) is 31.0 Å². The van der Waals surface area contributed by atoms with E-state index in [0.717, 1.165) is 18.5 Å². The summed E-state index contributed by atoms with van der Waals surface area (Å²) in [5, 5.41) is 12.5. The standard InChI is InChI=1S/C10H14N2O/c13-7-8-6-11-5-3-9(8)10-2-1-4-12-10/h3,5-6,10,12-13H,1-2,4,7H2/t10-/m0/s1. The Hall–Kier alpha value is -0.930. The van der Waals surface area contributed by atoms with Crippen molar-refractivity contribution in [1.29, 1.82) is 0 Å². The zero-order valence-electron chi connectivity index (χ0n) is 7.53. The second-order valence-corrected chi connectivity index (χ2v) is 3.38. The molecule has 2 N–H and O–H groups in total. The molecule has 3 heteroatoms. The maximum Gasteiger partial charge on any atom is 0.0700 e. The molecule has 1 aliphatic heterocycles. The van der Waals surface area contributed by atoms with Crippen LogP contribution < -0.4 is 5.32 Å². The Morgan fingerprint density at radius 3 is 3.23 bits per heavy atom. The molecule has 1 aromatic rings. The van der Waals surface area contributed by atoms with Gasteiger partial charge in [0.15, 0.2) is 0 Å². The number of rotatable bonds is 2. The molecule has 3 nitrogen and oxygen atoms in total. The third-order valence-electron chi connectivity index (χ3n) is 2.55. The Balaban J connectivity index is 2.26. The number of aliphatic hydroxyl groups is 1. The van der Waals surface area contributed by atoms with E-state index in [1.165, 1.54) is 12.0 Å². The molecule has 0 spiro atoms. The molecular weight excluding hydrogens is 164 g/mol. The van der Waals surface area contributed by atoms with Gasteiger partial charge < -0.3 is 10.4 Å². The van der Waals surface area contributed by atoms with Crippen LogP contribution >= 0.6 is 0 Å². The van der Waals surface area contributed by atoms with Crippen LogP contribution in [0.4, 0.5) is 0 Å². The highest BCUT2D eigenvalue weighted by molar-refractivity contribution is 5.26. The lowest BCUT2D eigenvalue weighted by atomic mass is 10.0. The Labute approximate surface area is 77.8 Å². The number of nitrogens with zero attached hydrogens (tertiary/aromatic N) is 1. The van der Waals surface area contributed by atoms with Gasteiger partial charge in [-0.3, -0.25) is 4.98 Å². The van der Waals surface area contributed by atoms with Crippen molar-refractivity contribution < 1.29 is 5.11 Å². The van der Waals surface area contributed by atoms with Crippen molar-refractivity contribution in [2.45, 2.75) is 25.5 Å².